The lowest BCUT2D eigenvalue weighted by Gasteiger charge is -2.29. The van der Waals surface area contributed by atoms with Crippen LogP contribution in [0.1, 0.15) is 52.0 Å². The van der Waals surface area contributed by atoms with Crippen LogP contribution >= 0.6 is 27.5 Å². The summed E-state index contributed by atoms with van der Waals surface area (Å²) in [5.74, 6) is 1.44. The number of hydrogen-bond acceptors (Lipinski definition) is 1. The first-order chi connectivity index (χ1) is 8.75. The molecule has 0 fully saturated rings. The average molecular weight is 348 g/mol. The molecule has 19 heavy (non-hydrogen) atoms. The average Bonchev–Trinajstić information content (AvgIpc) is 2.30. The molecule has 1 aromatic carbocycles. The topological polar surface area (TPSA) is 9.23 Å². The minimum atomic E-state index is -0.0201. The molecule has 0 spiro atoms. The monoisotopic (exact) mass is 346 g/mol. The number of rotatable bonds is 5. The molecule has 1 rings (SSSR count). The second kappa shape index (κ2) is 6.99. The van der Waals surface area contributed by atoms with E-state index >= 15 is 0 Å². The number of alkyl halides is 1. The summed E-state index contributed by atoms with van der Waals surface area (Å²) in [6, 6.07) is 6.05. The molecular formula is C16H24BrClO. The molecule has 0 aromatic heterocycles. The first-order valence-electron chi connectivity index (χ1n) is 6.82. The largest absolute Gasteiger partial charge is 0.494 e. The second-order valence-electron chi connectivity index (χ2n) is 6.09. The van der Waals surface area contributed by atoms with Crippen LogP contribution in [0.2, 0.25) is 0 Å². The lowest BCUT2D eigenvalue weighted by atomic mass is 9.79. The molecule has 0 heterocycles. The van der Waals surface area contributed by atoms with Crippen LogP contribution in [0.25, 0.3) is 0 Å². The van der Waals surface area contributed by atoms with Crippen LogP contribution in [0.3, 0.4) is 0 Å². The highest BCUT2D eigenvalue weighted by molar-refractivity contribution is 9.10. The first-order valence-corrected chi connectivity index (χ1v) is 8.05. The molecule has 0 saturated carbocycles. The predicted molar refractivity (Wildman–Crippen MR) is 87.1 cm³/mol. The van der Waals surface area contributed by atoms with Gasteiger partial charge in [-0.15, -0.1) is 11.6 Å². The van der Waals surface area contributed by atoms with Gasteiger partial charge in [0.15, 0.2) is 0 Å². The quantitative estimate of drug-likeness (QED) is 0.576. The SMILES string of the molecule is CCOc1ccc(Br)cc1C(Cl)CC(C)C(C)(C)C. The third-order valence-electron chi connectivity index (χ3n) is 3.65. The molecule has 0 radical (unpaired) electrons. The Morgan fingerprint density at radius 1 is 1.32 bits per heavy atom. The van der Waals surface area contributed by atoms with E-state index in [2.05, 4.69) is 49.7 Å². The van der Waals surface area contributed by atoms with Gasteiger partial charge in [0.25, 0.3) is 0 Å². The highest BCUT2D eigenvalue weighted by Gasteiger charge is 2.25. The van der Waals surface area contributed by atoms with Gasteiger partial charge in [0.2, 0.25) is 0 Å². The molecule has 2 unspecified atom stereocenters. The van der Waals surface area contributed by atoms with Crippen LogP contribution in [-0.4, -0.2) is 6.61 Å². The number of benzene rings is 1. The summed E-state index contributed by atoms with van der Waals surface area (Å²) < 4.78 is 6.72. The Bertz CT molecular complexity index is 412. The van der Waals surface area contributed by atoms with Gasteiger partial charge in [-0.1, -0.05) is 43.6 Å². The van der Waals surface area contributed by atoms with Crippen molar-refractivity contribution in [3.63, 3.8) is 0 Å². The molecule has 2 atom stereocenters. The maximum Gasteiger partial charge on any atom is 0.124 e. The maximum absolute atomic E-state index is 6.62. The van der Waals surface area contributed by atoms with Gasteiger partial charge in [0, 0.05) is 10.0 Å². The van der Waals surface area contributed by atoms with E-state index in [1.807, 2.05) is 19.1 Å². The Morgan fingerprint density at radius 3 is 2.47 bits per heavy atom. The zero-order valence-corrected chi connectivity index (χ0v) is 14.8. The van der Waals surface area contributed by atoms with Crippen molar-refractivity contribution in [2.45, 2.75) is 46.4 Å². The van der Waals surface area contributed by atoms with Gasteiger partial charge in [-0.2, -0.15) is 0 Å². The van der Waals surface area contributed by atoms with Crippen LogP contribution in [0.4, 0.5) is 0 Å². The Balaban J connectivity index is 2.92. The summed E-state index contributed by atoms with van der Waals surface area (Å²) >= 11 is 10.1. The maximum atomic E-state index is 6.62. The molecular weight excluding hydrogens is 324 g/mol. The molecule has 1 aromatic rings. The third-order valence-corrected chi connectivity index (χ3v) is 4.55. The Kier molecular flexibility index (Phi) is 6.19. The van der Waals surface area contributed by atoms with Crippen molar-refractivity contribution in [2.75, 3.05) is 6.61 Å². The summed E-state index contributed by atoms with van der Waals surface area (Å²) in [4.78, 5) is 0. The van der Waals surface area contributed by atoms with Crippen LogP contribution in [0.15, 0.2) is 22.7 Å². The minimum Gasteiger partial charge on any atom is -0.494 e. The van der Waals surface area contributed by atoms with Gasteiger partial charge >= 0.3 is 0 Å². The second-order valence-corrected chi connectivity index (χ2v) is 7.53. The van der Waals surface area contributed by atoms with Gasteiger partial charge in [-0.25, -0.2) is 0 Å². The zero-order chi connectivity index (χ0) is 14.6. The van der Waals surface area contributed by atoms with Crippen LogP contribution in [0.5, 0.6) is 5.75 Å². The van der Waals surface area contributed by atoms with Crippen molar-refractivity contribution < 1.29 is 4.74 Å². The van der Waals surface area contributed by atoms with E-state index in [0.29, 0.717) is 12.5 Å². The minimum absolute atomic E-state index is 0.0201. The first kappa shape index (κ1) is 16.8. The molecule has 0 aliphatic carbocycles. The van der Waals surface area contributed by atoms with E-state index in [1.54, 1.807) is 0 Å². The summed E-state index contributed by atoms with van der Waals surface area (Å²) in [5.41, 5.74) is 1.35. The van der Waals surface area contributed by atoms with Gasteiger partial charge in [-0.05, 0) is 42.9 Å². The smallest absolute Gasteiger partial charge is 0.124 e. The van der Waals surface area contributed by atoms with Gasteiger partial charge < -0.3 is 4.74 Å². The highest BCUT2D eigenvalue weighted by Crippen LogP contribution is 2.40. The number of ether oxygens (including phenoxy) is 1. The van der Waals surface area contributed by atoms with Crippen molar-refractivity contribution in [3.05, 3.63) is 28.2 Å². The lowest BCUT2D eigenvalue weighted by Crippen LogP contribution is -2.18. The van der Waals surface area contributed by atoms with E-state index in [4.69, 9.17) is 16.3 Å². The molecule has 108 valence electrons. The standard InChI is InChI=1S/C16H24BrClO/c1-6-19-15-8-7-12(17)10-13(15)14(18)9-11(2)16(3,4)5/h7-8,10-11,14H,6,9H2,1-5H3. The van der Waals surface area contributed by atoms with Crippen molar-refractivity contribution in [1.29, 1.82) is 0 Å². The summed E-state index contributed by atoms with van der Waals surface area (Å²) in [6.07, 6.45) is 0.946. The fourth-order valence-corrected chi connectivity index (χ4v) is 2.66. The molecule has 0 aliphatic rings. The fraction of sp³-hybridized carbons (Fsp3) is 0.625. The Hall–Kier alpha value is -0.210. The highest BCUT2D eigenvalue weighted by atomic mass is 79.9. The predicted octanol–water partition coefficient (Wildman–Crippen LogP) is 6.20. The fourth-order valence-electron chi connectivity index (χ4n) is 1.84. The molecule has 0 aliphatic heterocycles. The van der Waals surface area contributed by atoms with E-state index in [9.17, 15) is 0 Å². The number of halogens is 2. The van der Waals surface area contributed by atoms with Crippen molar-refractivity contribution in [2.24, 2.45) is 11.3 Å². The molecule has 0 N–H and O–H groups in total. The molecule has 1 nitrogen and oxygen atoms in total. The zero-order valence-electron chi connectivity index (χ0n) is 12.5. The third kappa shape index (κ3) is 5.00. The van der Waals surface area contributed by atoms with E-state index in [-0.39, 0.29) is 10.8 Å². The number of hydrogen-bond donors (Lipinski definition) is 0. The van der Waals surface area contributed by atoms with Gasteiger partial charge in [-0.3, -0.25) is 0 Å². The van der Waals surface area contributed by atoms with Crippen molar-refractivity contribution in [3.8, 4) is 5.75 Å². The van der Waals surface area contributed by atoms with Crippen LogP contribution in [-0.2, 0) is 0 Å². The molecule has 0 bridgehead atoms. The molecule has 0 saturated heterocycles. The lowest BCUT2D eigenvalue weighted by molar-refractivity contribution is 0.243. The molecule has 0 amide bonds. The van der Waals surface area contributed by atoms with Gasteiger partial charge in [0.1, 0.15) is 5.75 Å². The Morgan fingerprint density at radius 2 is 1.95 bits per heavy atom. The van der Waals surface area contributed by atoms with Crippen LogP contribution in [0, 0.1) is 11.3 Å². The molecule has 3 heteroatoms. The van der Waals surface area contributed by atoms with E-state index in [0.717, 1.165) is 22.2 Å². The van der Waals surface area contributed by atoms with Crippen LogP contribution < -0.4 is 4.74 Å². The van der Waals surface area contributed by atoms with Crippen molar-refractivity contribution in [1.82, 2.24) is 0 Å². The van der Waals surface area contributed by atoms with E-state index in [1.165, 1.54) is 0 Å². The Labute approximate surface area is 130 Å². The normalized spacial score (nSPS) is 15.1. The van der Waals surface area contributed by atoms with E-state index < -0.39 is 0 Å². The van der Waals surface area contributed by atoms with Crippen molar-refractivity contribution >= 4 is 27.5 Å². The summed E-state index contributed by atoms with van der Waals surface area (Å²) in [7, 11) is 0. The summed E-state index contributed by atoms with van der Waals surface area (Å²) in [5, 5.41) is -0.0201. The summed E-state index contributed by atoms with van der Waals surface area (Å²) in [6.45, 7) is 11.7. The van der Waals surface area contributed by atoms with Gasteiger partial charge in [0.05, 0.1) is 12.0 Å².